The molecule has 0 spiro atoms. The number of aromatic nitrogens is 2. The predicted octanol–water partition coefficient (Wildman–Crippen LogP) is 3.74. The summed E-state index contributed by atoms with van der Waals surface area (Å²) in [5.74, 6) is 1.75. The van der Waals surface area contributed by atoms with Crippen molar-refractivity contribution >= 4 is 29.9 Å². The van der Waals surface area contributed by atoms with Gasteiger partial charge in [-0.15, -0.1) is 0 Å². The Kier molecular flexibility index (Phi) is 6.34. The topological polar surface area (TPSA) is 67.4 Å². The van der Waals surface area contributed by atoms with Crippen LogP contribution in [0.4, 0.5) is 5.95 Å². The van der Waals surface area contributed by atoms with Gasteiger partial charge < -0.3 is 9.64 Å². The van der Waals surface area contributed by atoms with E-state index in [0.717, 1.165) is 23.1 Å². The van der Waals surface area contributed by atoms with Gasteiger partial charge in [-0.05, 0) is 36.8 Å². The molecule has 1 aromatic carbocycles. The Balaban J connectivity index is 2.10. The van der Waals surface area contributed by atoms with Crippen molar-refractivity contribution in [1.82, 2.24) is 14.9 Å². The minimum absolute atomic E-state index is 0.504. The Morgan fingerprint density at radius 2 is 2.19 bits per heavy atom. The van der Waals surface area contributed by atoms with Gasteiger partial charge in [0.2, 0.25) is 12.4 Å². The highest BCUT2D eigenvalue weighted by atomic mass is 32.2. The Hall–Kier alpha value is -2.54. The van der Waals surface area contributed by atoms with Crippen LogP contribution in [-0.4, -0.2) is 41.2 Å². The summed E-state index contributed by atoms with van der Waals surface area (Å²) in [6, 6.07) is 8.03. The number of hydrogen-bond acceptors (Lipinski definition) is 6. The van der Waals surface area contributed by atoms with E-state index in [-0.39, 0.29) is 0 Å². The standard InChI is InChI=1S/C20H24N4O2S/c1-14-6-4-5-7-16(14)17(11-24(2)13-25)19-18(26-12-15-8-9-15)10-21-20(22-19)23-27-3/h4-7,10-11,13,15H,8-9,12H2,1-3H3,(H,21,22,23)/b17-11+. The molecule has 1 N–H and O–H groups in total. The van der Waals surface area contributed by atoms with Crippen LogP contribution < -0.4 is 9.46 Å². The predicted molar refractivity (Wildman–Crippen MR) is 109 cm³/mol. The molecule has 3 rings (SSSR count). The lowest BCUT2D eigenvalue weighted by atomic mass is 9.98. The highest BCUT2D eigenvalue weighted by molar-refractivity contribution is 7.99. The van der Waals surface area contributed by atoms with Gasteiger partial charge in [0.25, 0.3) is 0 Å². The molecule has 0 unspecified atom stereocenters. The molecule has 0 radical (unpaired) electrons. The Morgan fingerprint density at radius 3 is 2.85 bits per heavy atom. The van der Waals surface area contributed by atoms with Crippen molar-refractivity contribution in [3.63, 3.8) is 0 Å². The molecule has 1 amide bonds. The molecule has 1 aliphatic rings. The molecule has 1 heterocycles. The highest BCUT2D eigenvalue weighted by Gasteiger charge is 2.24. The summed E-state index contributed by atoms with van der Waals surface area (Å²) in [6.45, 7) is 2.70. The van der Waals surface area contributed by atoms with Crippen LogP contribution in [0.1, 0.15) is 29.7 Å². The van der Waals surface area contributed by atoms with Crippen molar-refractivity contribution in [3.05, 3.63) is 53.5 Å². The summed E-state index contributed by atoms with van der Waals surface area (Å²) < 4.78 is 9.11. The first kappa shape index (κ1) is 19.2. The number of carbonyl (C=O) groups is 1. The Morgan fingerprint density at radius 1 is 1.41 bits per heavy atom. The Bertz CT molecular complexity index is 836. The van der Waals surface area contributed by atoms with E-state index in [1.165, 1.54) is 29.7 Å². The van der Waals surface area contributed by atoms with E-state index in [2.05, 4.69) is 14.7 Å². The molecule has 142 valence electrons. The number of hydrogen-bond donors (Lipinski definition) is 1. The van der Waals surface area contributed by atoms with Crippen molar-refractivity contribution in [1.29, 1.82) is 0 Å². The maximum atomic E-state index is 11.3. The molecule has 0 atom stereocenters. The quantitative estimate of drug-likeness (QED) is 0.525. The summed E-state index contributed by atoms with van der Waals surface area (Å²) >= 11 is 1.42. The van der Waals surface area contributed by atoms with Crippen molar-refractivity contribution in [2.75, 3.05) is 24.6 Å². The largest absolute Gasteiger partial charge is 0.489 e. The normalized spacial score (nSPS) is 14.0. The van der Waals surface area contributed by atoms with Gasteiger partial charge in [-0.1, -0.05) is 36.2 Å². The first-order valence-corrected chi connectivity index (χ1v) is 10.1. The first-order valence-electron chi connectivity index (χ1n) is 8.86. The number of carbonyl (C=O) groups excluding carboxylic acids is 1. The van der Waals surface area contributed by atoms with E-state index in [9.17, 15) is 4.79 Å². The summed E-state index contributed by atoms with van der Waals surface area (Å²) in [7, 11) is 1.71. The van der Waals surface area contributed by atoms with Crippen LogP contribution in [0.5, 0.6) is 5.75 Å². The minimum atomic E-state index is 0.504. The fraction of sp³-hybridized carbons (Fsp3) is 0.350. The maximum Gasteiger partial charge on any atom is 0.233 e. The Labute approximate surface area is 164 Å². The van der Waals surface area contributed by atoms with Gasteiger partial charge in [0.15, 0.2) is 5.75 Å². The van der Waals surface area contributed by atoms with Crippen LogP contribution in [0.15, 0.2) is 36.7 Å². The van der Waals surface area contributed by atoms with Crippen molar-refractivity contribution < 1.29 is 9.53 Å². The zero-order chi connectivity index (χ0) is 19.2. The molecule has 1 fully saturated rings. The third-order valence-electron chi connectivity index (χ3n) is 4.31. The van der Waals surface area contributed by atoms with Gasteiger partial charge in [-0.3, -0.25) is 9.52 Å². The lowest BCUT2D eigenvalue weighted by molar-refractivity contribution is -0.114. The van der Waals surface area contributed by atoms with Gasteiger partial charge in [0.1, 0.15) is 5.69 Å². The van der Waals surface area contributed by atoms with Gasteiger partial charge in [-0.2, -0.15) is 0 Å². The molecule has 1 aliphatic carbocycles. The average molecular weight is 385 g/mol. The summed E-state index contributed by atoms with van der Waals surface area (Å²) in [5, 5.41) is 0. The summed E-state index contributed by atoms with van der Waals surface area (Å²) in [6.07, 6.45) is 8.58. The lowest BCUT2D eigenvalue weighted by Crippen LogP contribution is -2.11. The van der Waals surface area contributed by atoms with Crippen LogP contribution in [0.25, 0.3) is 5.57 Å². The minimum Gasteiger partial charge on any atom is -0.489 e. The number of anilines is 1. The molecular weight excluding hydrogens is 360 g/mol. The molecule has 0 aliphatic heterocycles. The number of benzene rings is 1. The number of nitrogens with one attached hydrogen (secondary N) is 1. The van der Waals surface area contributed by atoms with Crippen LogP contribution in [0, 0.1) is 12.8 Å². The lowest BCUT2D eigenvalue weighted by Gasteiger charge is -2.17. The fourth-order valence-corrected chi connectivity index (χ4v) is 2.95. The number of aryl methyl sites for hydroxylation is 1. The van der Waals surface area contributed by atoms with Gasteiger partial charge in [0.05, 0.1) is 12.8 Å². The molecular formula is C20H24N4O2S. The van der Waals surface area contributed by atoms with E-state index in [1.54, 1.807) is 19.4 Å². The van der Waals surface area contributed by atoms with Crippen LogP contribution in [0.3, 0.4) is 0 Å². The number of rotatable bonds is 9. The summed E-state index contributed by atoms with van der Waals surface area (Å²) in [5.41, 5.74) is 3.58. The molecule has 1 aromatic heterocycles. The van der Waals surface area contributed by atoms with E-state index in [0.29, 0.717) is 29.9 Å². The fourth-order valence-electron chi connectivity index (χ4n) is 2.67. The maximum absolute atomic E-state index is 11.3. The van der Waals surface area contributed by atoms with E-state index < -0.39 is 0 Å². The van der Waals surface area contributed by atoms with Crippen LogP contribution in [-0.2, 0) is 4.79 Å². The van der Waals surface area contributed by atoms with Crippen molar-refractivity contribution in [3.8, 4) is 5.75 Å². The molecule has 27 heavy (non-hydrogen) atoms. The van der Waals surface area contributed by atoms with Gasteiger partial charge in [0, 0.05) is 25.1 Å². The molecule has 1 saturated carbocycles. The second kappa shape index (κ2) is 8.90. The summed E-state index contributed by atoms with van der Waals surface area (Å²) in [4.78, 5) is 21.8. The molecule has 7 heteroatoms. The first-order chi connectivity index (χ1) is 13.1. The van der Waals surface area contributed by atoms with E-state index in [1.807, 2.05) is 37.4 Å². The highest BCUT2D eigenvalue weighted by Crippen LogP contribution is 2.34. The van der Waals surface area contributed by atoms with Crippen molar-refractivity contribution in [2.45, 2.75) is 19.8 Å². The zero-order valence-electron chi connectivity index (χ0n) is 15.8. The van der Waals surface area contributed by atoms with Crippen molar-refractivity contribution in [2.24, 2.45) is 5.92 Å². The third kappa shape index (κ3) is 5.01. The number of nitrogens with zero attached hydrogens (tertiary/aromatic N) is 3. The monoisotopic (exact) mass is 384 g/mol. The van der Waals surface area contributed by atoms with Gasteiger partial charge >= 0.3 is 0 Å². The zero-order valence-corrected chi connectivity index (χ0v) is 16.6. The number of ether oxygens (including phenoxy) is 1. The van der Waals surface area contributed by atoms with Crippen LogP contribution in [0.2, 0.25) is 0 Å². The van der Waals surface area contributed by atoms with Crippen LogP contribution >= 0.6 is 11.9 Å². The molecule has 0 saturated heterocycles. The number of amides is 1. The smallest absolute Gasteiger partial charge is 0.233 e. The molecule has 0 bridgehead atoms. The second-order valence-corrected chi connectivity index (χ2v) is 7.21. The van der Waals surface area contributed by atoms with Gasteiger partial charge in [-0.25, -0.2) is 9.97 Å². The second-order valence-electron chi connectivity index (χ2n) is 6.60. The van der Waals surface area contributed by atoms with E-state index in [4.69, 9.17) is 4.74 Å². The SMILES string of the molecule is CSNc1ncc(OCC2CC2)c(/C(=C/N(C)C=O)c2ccccc2C)n1. The molecule has 6 nitrogen and oxygen atoms in total. The molecule has 2 aromatic rings. The van der Waals surface area contributed by atoms with E-state index >= 15 is 0 Å². The third-order valence-corrected chi connectivity index (χ3v) is 4.70. The average Bonchev–Trinajstić information content (AvgIpc) is 3.50.